The molecule has 0 aliphatic carbocycles. The fourth-order valence-electron chi connectivity index (χ4n) is 3.74. The summed E-state index contributed by atoms with van der Waals surface area (Å²) in [5, 5.41) is 0. The molecule has 0 amide bonds. The van der Waals surface area contributed by atoms with Crippen LogP contribution in [0.3, 0.4) is 0 Å². The highest BCUT2D eigenvalue weighted by Gasteiger charge is 2.21. The first-order chi connectivity index (χ1) is 13.3. The summed E-state index contributed by atoms with van der Waals surface area (Å²) in [4.78, 5) is 30.5. The molecule has 0 atom stereocenters. The number of hydrogen-bond donors (Lipinski definition) is 0. The third-order valence-corrected chi connectivity index (χ3v) is 5.18. The predicted octanol–water partition coefficient (Wildman–Crippen LogP) is 2.67. The van der Waals surface area contributed by atoms with E-state index < -0.39 is 0 Å². The van der Waals surface area contributed by atoms with Crippen molar-refractivity contribution in [3.8, 4) is 5.69 Å². The van der Waals surface area contributed by atoms with Gasteiger partial charge in [-0.05, 0) is 37.0 Å². The van der Waals surface area contributed by atoms with E-state index in [-0.39, 0.29) is 17.2 Å². The lowest BCUT2D eigenvalue weighted by molar-refractivity contribution is 0.484. The monoisotopic (exact) mass is 379 g/mol. The van der Waals surface area contributed by atoms with Crippen LogP contribution in [-0.2, 0) is 20.0 Å². The molecule has 3 aromatic heterocycles. The Kier molecular flexibility index (Phi) is 4.25. The Morgan fingerprint density at radius 1 is 1.11 bits per heavy atom. The second-order valence-corrected chi connectivity index (χ2v) is 7.73. The molecule has 0 radical (unpaired) electrons. The van der Waals surface area contributed by atoms with Gasteiger partial charge in [0.25, 0.3) is 5.56 Å². The molecule has 0 aliphatic rings. The molecule has 0 aliphatic heterocycles. The van der Waals surface area contributed by atoms with Crippen molar-refractivity contribution in [2.24, 2.45) is 13.0 Å². The summed E-state index contributed by atoms with van der Waals surface area (Å²) < 4.78 is 6.59. The van der Waals surface area contributed by atoms with E-state index in [1.807, 2.05) is 31.5 Å². The summed E-state index contributed by atoms with van der Waals surface area (Å²) in [6.45, 7) is 8.47. The van der Waals surface area contributed by atoms with Crippen molar-refractivity contribution in [2.45, 2.75) is 40.7 Å². The van der Waals surface area contributed by atoms with Crippen LogP contribution in [0.4, 0.5) is 0 Å². The molecule has 146 valence electrons. The van der Waals surface area contributed by atoms with Crippen molar-refractivity contribution in [3.63, 3.8) is 0 Å². The summed E-state index contributed by atoms with van der Waals surface area (Å²) in [6.07, 6.45) is 2.88. The topological polar surface area (TPSA) is 66.2 Å². The number of hydrogen-bond acceptors (Lipinski definition) is 3. The second-order valence-electron chi connectivity index (χ2n) is 7.73. The number of aryl methyl sites for hydroxylation is 3. The lowest BCUT2D eigenvalue weighted by Gasteiger charge is -2.09. The maximum absolute atomic E-state index is 13.1. The second kappa shape index (κ2) is 6.51. The molecular formula is C21H25N5O2. The van der Waals surface area contributed by atoms with Gasteiger partial charge in [-0.15, -0.1) is 0 Å². The summed E-state index contributed by atoms with van der Waals surface area (Å²) in [5.41, 5.74) is 3.43. The third-order valence-electron chi connectivity index (χ3n) is 5.18. The lowest BCUT2D eigenvalue weighted by Crippen LogP contribution is -2.40. The zero-order valence-corrected chi connectivity index (χ0v) is 16.9. The lowest BCUT2D eigenvalue weighted by atomic mass is 10.1. The molecule has 28 heavy (non-hydrogen) atoms. The van der Waals surface area contributed by atoms with Crippen LogP contribution in [0.25, 0.3) is 22.6 Å². The largest absolute Gasteiger partial charge is 0.332 e. The molecule has 0 saturated heterocycles. The molecule has 1 aromatic carbocycles. The van der Waals surface area contributed by atoms with Crippen molar-refractivity contribution in [3.05, 3.63) is 62.6 Å². The first-order valence-electron chi connectivity index (χ1n) is 9.62. The molecule has 4 rings (SSSR count). The van der Waals surface area contributed by atoms with Crippen LogP contribution in [0.1, 0.15) is 32.0 Å². The number of aromatic nitrogens is 5. The van der Waals surface area contributed by atoms with Gasteiger partial charge >= 0.3 is 5.69 Å². The normalized spacial score (nSPS) is 11.9. The van der Waals surface area contributed by atoms with Gasteiger partial charge in [0.15, 0.2) is 11.2 Å². The van der Waals surface area contributed by atoms with Crippen LogP contribution in [0.15, 0.2) is 40.1 Å². The standard InChI is InChI=1S/C21H25N5O2/c1-6-15-7-9-16(10-8-15)26-14(4)12-24-17-18(22-20(24)26)23(5)21(28)25(19(17)27)11-13(2)3/h7-10,12-13H,6,11H2,1-5H3. The van der Waals surface area contributed by atoms with Crippen LogP contribution in [0, 0.1) is 12.8 Å². The molecule has 4 aromatic rings. The quantitative estimate of drug-likeness (QED) is 0.548. The maximum Gasteiger partial charge on any atom is 0.332 e. The van der Waals surface area contributed by atoms with Gasteiger partial charge in [-0.3, -0.25) is 22.9 Å². The highest BCUT2D eigenvalue weighted by atomic mass is 16.2. The average Bonchev–Trinajstić information content (AvgIpc) is 3.18. The van der Waals surface area contributed by atoms with E-state index in [9.17, 15) is 9.59 Å². The molecule has 0 saturated carbocycles. The first kappa shape index (κ1) is 18.3. The number of rotatable bonds is 4. The zero-order chi connectivity index (χ0) is 20.2. The van der Waals surface area contributed by atoms with Crippen LogP contribution in [0.5, 0.6) is 0 Å². The summed E-state index contributed by atoms with van der Waals surface area (Å²) in [6, 6.07) is 8.31. The Balaban J connectivity index is 2.06. The van der Waals surface area contributed by atoms with Crippen molar-refractivity contribution < 1.29 is 0 Å². The smallest absolute Gasteiger partial charge is 0.283 e. The van der Waals surface area contributed by atoms with Crippen molar-refractivity contribution in [1.82, 2.24) is 23.1 Å². The Hall–Kier alpha value is -3.09. The molecule has 0 fully saturated rings. The van der Waals surface area contributed by atoms with Gasteiger partial charge in [-0.25, -0.2) is 4.79 Å². The van der Waals surface area contributed by atoms with E-state index >= 15 is 0 Å². The van der Waals surface area contributed by atoms with Crippen molar-refractivity contribution in [1.29, 1.82) is 0 Å². The molecule has 3 heterocycles. The van der Waals surface area contributed by atoms with E-state index in [0.29, 0.717) is 23.5 Å². The summed E-state index contributed by atoms with van der Waals surface area (Å²) in [5.74, 6) is 0.820. The fourth-order valence-corrected chi connectivity index (χ4v) is 3.74. The number of benzene rings is 1. The summed E-state index contributed by atoms with van der Waals surface area (Å²) in [7, 11) is 1.67. The Labute approximate surface area is 162 Å². The van der Waals surface area contributed by atoms with Gasteiger partial charge in [-0.2, -0.15) is 4.98 Å². The Morgan fingerprint density at radius 3 is 2.39 bits per heavy atom. The first-order valence-corrected chi connectivity index (χ1v) is 9.62. The van der Waals surface area contributed by atoms with E-state index in [1.54, 1.807) is 11.4 Å². The minimum atomic E-state index is -0.331. The van der Waals surface area contributed by atoms with Crippen LogP contribution < -0.4 is 11.2 Å². The molecule has 0 bridgehead atoms. The number of nitrogens with zero attached hydrogens (tertiary/aromatic N) is 5. The molecule has 0 N–H and O–H groups in total. The van der Waals surface area contributed by atoms with Crippen molar-refractivity contribution in [2.75, 3.05) is 0 Å². The minimum Gasteiger partial charge on any atom is -0.283 e. The Morgan fingerprint density at radius 2 is 1.79 bits per heavy atom. The fraction of sp³-hybridized carbons (Fsp3) is 0.381. The van der Waals surface area contributed by atoms with Crippen LogP contribution in [-0.4, -0.2) is 23.1 Å². The summed E-state index contributed by atoms with van der Waals surface area (Å²) >= 11 is 0. The Bertz CT molecular complexity index is 1300. The highest BCUT2D eigenvalue weighted by molar-refractivity contribution is 5.76. The van der Waals surface area contributed by atoms with E-state index in [2.05, 4.69) is 36.2 Å². The van der Waals surface area contributed by atoms with Gasteiger partial charge < -0.3 is 0 Å². The van der Waals surface area contributed by atoms with Crippen LogP contribution >= 0.6 is 0 Å². The molecular weight excluding hydrogens is 354 g/mol. The minimum absolute atomic E-state index is 0.190. The molecule has 7 nitrogen and oxygen atoms in total. The predicted molar refractivity (Wildman–Crippen MR) is 110 cm³/mol. The number of fused-ring (bicyclic) bond motifs is 3. The molecule has 7 heteroatoms. The van der Waals surface area contributed by atoms with Gasteiger partial charge in [0.1, 0.15) is 0 Å². The molecule has 0 spiro atoms. The zero-order valence-electron chi connectivity index (χ0n) is 16.9. The van der Waals surface area contributed by atoms with Gasteiger partial charge in [0, 0.05) is 31.2 Å². The maximum atomic E-state index is 13.1. The van der Waals surface area contributed by atoms with Crippen LogP contribution in [0.2, 0.25) is 0 Å². The van der Waals surface area contributed by atoms with E-state index in [1.165, 1.54) is 14.7 Å². The van der Waals surface area contributed by atoms with E-state index in [0.717, 1.165) is 17.8 Å². The molecule has 0 unspecified atom stereocenters. The van der Waals surface area contributed by atoms with Gasteiger partial charge in [0.2, 0.25) is 5.78 Å². The van der Waals surface area contributed by atoms with E-state index in [4.69, 9.17) is 0 Å². The number of imidazole rings is 2. The SMILES string of the molecule is CCc1ccc(-n2c(C)cn3c4c(=O)n(CC(C)C)c(=O)n(C)c4nc23)cc1. The average molecular weight is 379 g/mol. The van der Waals surface area contributed by atoms with Crippen molar-refractivity contribution >= 4 is 16.9 Å². The highest BCUT2D eigenvalue weighted by Crippen LogP contribution is 2.21. The van der Waals surface area contributed by atoms with Gasteiger partial charge in [-0.1, -0.05) is 32.9 Å². The van der Waals surface area contributed by atoms with Gasteiger partial charge in [0.05, 0.1) is 0 Å². The third kappa shape index (κ3) is 2.61.